The highest BCUT2D eigenvalue weighted by atomic mass is 16.5. The standard InChI is InChI=1S/C17H29NO/c1-6-17(7-2,15-11-9-8-10-12-15)16(18-5)13-19-14(3)4/h8-12,14,16,18H,6-7,13H2,1-5H3. The van der Waals surface area contributed by atoms with Gasteiger partial charge in [0.1, 0.15) is 0 Å². The molecule has 0 radical (unpaired) electrons. The van der Waals surface area contributed by atoms with Gasteiger partial charge in [0, 0.05) is 11.5 Å². The van der Waals surface area contributed by atoms with Gasteiger partial charge in [0.25, 0.3) is 0 Å². The highest BCUT2D eigenvalue weighted by Gasteiger charge is 2.36. The van der Waals surface area contributed by atoms with Crippen molar-refractivity contribution in [3.05, 3.63) is 35.9 Å². The molecular formula is C17H29NO. The second kappa shape index (κ2) is 7.66. The zero-order valence-electron chi connectivity index (χ0n) is 13.1. The van der Waals surface area contributed by atoms with E-state index in [4.69, 9.17) is 4.74 Å². The van der Waals surface area contributed by atoms with Gasteiger partial charge in [-0.25, -0.2) is 0 Å². The quantitative estimate of drug-likeness (QED) is 0.771. The summed E-state index contributed by atoms with van der Waals surface area (Å²) in [6.45, 7) is 9.49. The first-order valence-corrected chi connectivity index (χ1v) is 7.45. The zero-order chi connectivity index (χ0) is 14.3. The van der Waals surface area contributed by atoms with Crippen molar-refractivity contribution in [1.29, 1.82) is 0 Å². The molecule has 2 heteroatoms. The Balaban J connectivity index is 3.02. The Bertz CT molecular complexity index is 344. The van der Waals surface area contributed by atoms with Crippen molar-refractivity contribution in [3.8, 4) is 0 Å². The lowest BCUT2D eigenvalue weighted by molar-refractivity contribution is 0.0413. The maximum atomic E-state index is 5.86. The van der Waals surface area contributed by atoms with Crippen LogP contribution in [0, 0.1) is 0 Å². The van der Waals surface area contributed by atoms with Crippen molar-refractivity contribution in [1.82, 2.24) is 5.32 Å². The predicted octanol–water partition coefficient (Wildman–Crippen LogP) is 3.76. The van der Waals surface area contributed by atoms with E-state index in [0.29, 0.717) is 6.04 Å². The van der Waals surface area contributed by atoms with Crippen molar-refractivity contribution in [2.75, 3.05) is 13.7 Å². The number of ether oxygens (including phenoxy) is 1. The number of nitrogens with one attached hydrogen (secondary N) is 1. The van der Waals surface area contributed by atoms with Gasteiger partial charge in [0.2, 0.25) is 0 Å². The van der Waals surface area contributed by atoms with Crippen LogP contribution in [0.15, 0.2) is 30.3 Å². The number of hydrogen-bond donors (Lipinski definition) is 1. The van der Waals surface area contributed by atoms with Crippen LogP contribution in [0.1, 0.15) is 46.1 Å². The van der Waals surface area contributed by atoms with Crippen LogP contribution in [0.3, 0.4) is 0 Å². The second-order valence-electron chi connectivity index (χ2n) is 5.45. The Labute approximate surface area is 118 Å². The summed E-state index contributed by atoms with van der Waals surface area (Å²) in [6, 6.07) is 11.2. The van der Waals surface area contributed by atoms with Crippen LogP contribution in [0.25, 0.3) is 0 Å². The van der Waals surface area contributed by atoms with E-state index in [1.165, 1.54) is 5.56 Å². The minimum Gasteiger partial charge on any atom is -0.377 e. The summed E-state index contributed by atoms with van der Waals surface area (Å²) in [7, 11) is 2.04. The molecule has 0 aliphatic heterocycles. The maximum absolute atomic E-state index is 5.86. The lowest BCUT2D eigenvalue weighted by Gasteiger charge is -2.40. The van der Waals surface area contributed by atoms with Gasteiger partial charge < -0.3 is 10.1 Å². The van der Waals surface area contributed by atoms with Crippen molar-refractivity contribution in [2.45, 2.75) is 58.1 Å². The summed E-state index contributed by atoms with van der Waals surface area (Å²) in [4.78, 5) is 0. The molecule has 0 saturated heterocycles. The van der Waals surface area contributed by atoms with E-state index in [1.54, 1.807) is 0 Å². The molecule has 1 N–H and O–H groups in total. The average molecular weight is 263 g/mol. The zero-order valence-corrected chi connectivity index (χ0v) is 13.1. The van der Waals surface area contributed by atoms with Crippen molar-refractivity contribution < 1.29 is 4.74 Å². The molecule has 1 aromatic rings. The van der Waals surface area contributed by atoms with Gasteiger partial charge >= 0.3 is 0 Å². The molecule has 1 unspecified atom stereocenters. The first kappa shape index (κ1) is 16.2. The third-order valence-corrected chi connectivity index (χ3v) is 4.22. The first-order valence-electron chi connectivity index (χ1n) is 7.45. The van der Waals surface area contributed by atoms with E-state index in [-0.39, 0.29) is 11.5 Å². The largest absolute Gasteiger partial charge is 0.377 e. The molecule has 0 heterocycles. The molecule has 1 aromatic carbocycles. The molecule has 0 aliphatic rings. The normalized spacial score (nSPS) is 13.8. The van der Waals surface area contributed by atoms with Gasteiger partial charge in [-0.15, -0.1) is 0 Å². The van der Waals surface area contributed by atoms with Crippen LogP contribution in [0.2, 0.25) is 0 Å². The monoisotopic (exact) mass is 263 g/mol. The van der Waals surface area contributed by atoms with Crippen molar-refractivity contribution >= 4 is 0 Å². The Kier molecular flexibility index (Phi) is 6.53. The van der Waals surface area contributed by atoms with E-state index >= 15 is 0 Å². The maximum Gasteiger partial charge on any atom is 0.0631 e. The van der Waals surface area contributed by atoms with Gasteiger partial charge in [-0.2, -0.15) is 0 Å². The Morgan fingerprint density at radius 3 is 2.11 bits per heavy atom. The summed E-state index contributed by atoms with van der Waals surface area (Å²) in [5, 5.41) is 3.47. The number of benzene rings is 1. The molecule has 2 nitrogen and oxygen atoms in total. The third-order valence-electron chi connectivity index (χ3n) is 4.22. The summed E-state index contributed by atoms with van der Waals surface area (Å²) in [5.74, 6) is 0. The predicted molar refractivity (Wildman–Crippen MR) is 82.6 cm³/mol. The van der Waals surface area contributed by atoms with Gasteiger partial charge in [0.15, 0.2) is 0 Å². The summed E-state index contributed by atoms with van der Waals surface area (Å²) in [5.41, 5.74) is 1.55. The van der Waals surface area contributed by atoms with E-state index in [9.17, 15) is 0 Å². The molecule has 0 saturated carbocycles. The fourth-order valence-corrected chi connectivity index (χ4v) is 2.93. The van der Waals surface area contributed by atoms with Crippen LogP contribution >= 0.6 is 0 Å². The molecule has 0 aliphatic carbocycles. The topological polar surface area (TPSA) is 21.3 Å². The molecule has 0 spiro atoms. The van der Waals surface area contributed by atoms with Crippen LogP contribution in [-0.4, -0.2) is 25.8 Å². The van der Waals surface area contributed by atoms with Gasteiger partial charge in [0.05, 0.1) is 12.7 Å². The van der Waals surface area contributed by atoms with Gasteiger partial charge in [-0.3, -0.25) is 0 Å². The summed E-state index contributed by atoms with van der Waals surface area (Å²) >= 11 is 0. The Morgan fingerprint density at radius 1 is 1.11 bits per heavy atom. The second-order valence-corrected chi connectivity index (χ2v) is 5.45. The lowest BCUT2D eigenvalue weighted by Crippen LogP contribution is -2.49. The van der Waals surface area contributed by atoms with Crippen molar-refractivity contribution in [2.24, 2.45) is 0 Å². The molecular weight excluding hydrogens is 234 g/mol. The number of likely N-dealkylation sites (N-methyl/N-ethyl adjacent to an activating group) is 1. The minimum absolute atomic E-state index is 0.144. The van der Waals surface area contributed by atoms with Crippen LogP contribution in [0.4, 0.5) is 0 Å². The minimum atomic E-state index is 0.144. The average Bonchev–Trinajstić information content (AvgIpc) is 2.44. The van der Waals surface area contributed by atoms with Gasteiger partial charge in [-0.1, -0.05) is 44.2 Å². The smallest absolute Gasteiger partial charge is 0.0631 e. The number of hydrogen-bond acceptors (Lipinski definition) is 2. The van der Waals surface area contributed by atoms with Crippen LogP contribution in [-0.2, 0) is 10.2 Å². The fraction of sp³-hybridized carbons (Fsp3) is 0.647. The Morgan fingerprint density at radius 2 is 1.68 bits per heavy atom. The first-order chi connectivity index (χ1) is 9.10. The summed E-state index contributed by atoms with van der Waals surface area (Å²) in [6.07, 6.45) is 2.50. The molecule has 0 fully saturated rings. The molecule has 1 rings (SSSR count). The van der Waals surface area contributed by atoms with Crippen molar-refractivity contribution in [3.63, 3.8) is 0 Å². The van der Waals surface area contributed by atoms with Crippen LogP contribution in [0.5, 0.6) is 0 Å². The molecule has 0 bridgehead atoms. The molecule has 0 amide bonds. The molecule has 19 heavy (non-hydrogen) atoms. The lowest BCUT2D eigenvalue weighted by atomic mass is 9.70. The van der Waals surface area contributed by atoms with E-state index in [2.05, 4.69) is 63.3 Å². The molecule has 0 aromatic heterocycles. The highest BCUT2D eigenvalue weighted by Crippen LogP contribution is 2.35. The van der Waals surface area contributed by atoms with E-state index in [1.807, 2.05) is 7.05 Å². The van der Waals surface area contributed by atoms with E-state index in [0.717, 1.165) is 19.4 Å². The Hall–Kier alpha value is -0.860. The number of rotatable bonds is 8. The molecule has 1 atom stereocenters. The third kappa shape index (κ3) is 3.80. The van der Waals surface area contributed by atoms with Gasteiger partial charge in [-0.05, 0) is 39.3 Å². The highest BCUT2D eigenvalue weighted by molar-refractivity contribution is 5.27. The van der Waals surface area contributed by atoms with Crippen LogP contribution < -0.4 is 5.32 Å². The summed E-state index contributed by atoms with van der Waals surface area (Å²) < 4.78 is 5.86. The SMILES string of the molecule is CCC(CC)(c1ccccc1)C(COC(C)C)NC. The fourth-order valence-electron chi connectivity index (χ4n) is 2.93. The van der Waals surface area contributed by atoms with E-state index < -0.39 is 0 Å². The molecule has 108 valence electrons.